The van der Waals surface area contributed by atoms with Gasteiger partial charge in [0.2, 0.25) is 0 Å². The smallest absolute Gasteiger partial charge is 0.494 e. The van der Waals surface area contributed by atoms with Gasteiger partial charge in [-0.3, -0.25) is 5.41 Å². The fourth-order valence-corrected chi connectivity index (χ4v) is 1.78. The summed E-state index contributed by atoms with van der Waals surface area (Å²) in [5.41, 5.74) is 4.96. The Morgan fingerprint density at radius 2 is 1.95 bits per heavy atom. The maximum atomic E-state index is 12.1. The highest BCUT2D eigenvalue weighted by atomic mass is 79.9. The predicted molar refractivity (Wildman–Crippen MR) is 76.6 cm³/mol. The van der Waals surface area contributed by atoms with Gasteiger partial charge < -0.3 is 15.2 Å². The van der Waals surface area contributed by atoms with Crippen molar-refractivity contribution in [2.24, 2.45) is 11.1 Å². The van der Waals surface area contributed by atoms with E-state index in [1.165, 1.54) is 18.2 Å². The van der Waals surface area contributed by atoms with E-state index in [2.05, 4.69) is 20.7 Å². The molecule has 0 saturated carbocycles. The third-order valence-corrected chi connectivity index (χ3v) is 3.47. The summed E-state index contributed by atoms with van der Waals surface area (Å²) in [5.74, 6) is 0.121. The van der Waals surface area contributed by atoms with Crippen LogP contribution in [0.2, 0.25) is 0 Å². The van der Waals surface area contributed by atoms with E-state index in [1.54, 1.807) is 0 Å². The third kappa shape index (κ3) is 5.82. The van der Waals surface area contributed by atoms with Crippen molar-refractivity contribution in [2.75, 3.05) is 6.61 Å². The molecule has 0 aliphatic rings. The molecule has 0 atom stereocenters. The molecular weight excluding hydrogens is 353 g/mol. The number of amidine groups is 1. The largest absolute Gasteiger partial charge is 0.573 e. The Bertz CT molecular complexity index is 519. The summed E-state index contributed by atoms with van der Waals surface area (Å²) in [6.45, 7) is 3.92. The molecule has 1 aromatic carbocycles. The van der Waals surface area contributed by atoms with Gasteiger partial charge in [0.15, 0.2) is 0 Å². The van der Waals surface area contributed by atoms with Crippen molar-refractivity contribution in [3.63, 3.8) is 0 Å². The molecule has 21 heavy (non-hydrogen) atoms. The van der Waals surface area contributed by atoms with Crippen molar-refractivity contribution in [2.45, 2.75) is 26.6 Å². The van der Waals surface area contributed by atoms with E-state index in [9.17, 15) is 13.2 Å². The van der Waals surface area contributed by atoms with Crippen LogP contribution in [0.5, 0.6) is 11.5 Å². The fraction of sp³-hybridized carbons (Fsp3) is 0.462. The van der Waals surface area contributed by atoms with Crippen LogP contribution in [0.15, 0.2) is 22.7 Å². The Morgan fingerprint density at radius 1 is 1.33 bits per heavy atom. The molecule has 0 fully saturated rings. The molecule has 0 spiro atoms. The van der Waals surface area contributed by atoms with Gasteiger partial charge in [0.1, 0.15) is 11.5 Å². The fourth-order valence-electron chi connectivity index (χ4n) is 1.34. The van der Waals surface area contributed by atoms with E-state index in [0.29, 0.717) is 18.8 Å². The molecule has 0 saturated heterocycles. The van der Waals surface area contributed by atoms with Gasteiger partial charge in [0.25, 0.3) is 0 Å². The monoisotopic (exact) mass is 368 g/mol. The second-order valence-corrected chi connectivity index (χ2v) is 5.89. The Labute approximate surface area is 129 Å². The average molecular weight is 369 g/mol. The van der Waals surface area contributed by atoms with E-state index in [-0.39, 0.29) is 16.1 Å². The van der Waals surface area contributed by atoms with Crippen LogP contribution in [0.4, 0.5) is 13.2 Å². The van der Waals surface area contributed by atoms with Crippen LogP contribution in [-0.4, -0.2) is 18.8 Å². The first kappa shape index (κ1) is 17.6. The van der Waals surface area contributed by atoms with Crippen molar-refractivity contribution in [3.05, 3.63) is 22.7 Å². The minimum Gasteiger partial charge on any atom is -0.494 e. The molecule has 3 N–H and O–H groups in total. The zero-order valence-corrected chi connectivity index (χ0v) is 13.1. The number of rotatable bonds is 6. The number of nitrogens with one attached hydrogen (secondary N) is 1. The van der Waals surface area contributed by atoms with Crippen LogP contribution in [-0.2, 0) is 0 Å². The zero-order valence-electron chi connectivity index (χ0n) is 11.6. The van der Waals surface area contributed by atoms with E-state index in [4.69, 9.17) is 15.9 Å². The molecule has 1 aromatic rings. The molecule has 0 bridgehead atoms. The molecule has 0 aliphatic heterocycles. The van der Waals surface area contributed by atoms with Crippen molar-refractivity contribution in [1.29, 1.82) is 5.41 Å². The van der Waals surface area contributed by atoms with E-state index < -0.39 is 11.8 Å². The highest BCUT2D eigenvalue weighted by Crippen LogP contribution is 2.33. The van der Waals surface area contributed by atoms with Gasteiger partial charge in [-0.25, -0.2) is 0 Å². The quantitative estimate of drug-likeness (QED) is 0.587. The molecule has 0 aliphatic carbocycles. The normalized spacial score (nSPS) is 12.1. The number of nitrogens with two attached hydrogens (primary N) is 1. The van der Waals surface area contributed by atoms with Crippen LogP contribution in [0, 0.1) is 10.8 Å². The molecule has 0 aromatic heterocycles. The summed E-state index contributed by atoms with van der Waals surface area (Å²) in [6.07, 6.45) is -4.23. The Balaban J connectivity index is 2.63. The number of ether oxygens (including phenoxy) is 2. The summed E-state index contributed by atoms with van der Waals surface area (Å²) in [7, 11) is 0. The maximum absolute atomic E-state index is 12.1. The lowest BCUT2D eigenvalue weighted by atomic mass is 9.88. The second kappa shape index (κ2) is 6.55. The van der Waals surface area contributed by atoms with Crippen molar-refractivity contribution >= 4 is 21.8 Å². The minimum atomic E-state index is -4.74. The van der Waals surface area contributed by atoms with Crippen LogP contribution < -0.4 is 15.2 Å². The molecule has 118 valence electrons. The molecule has 1 rings (SSSR count). The summed E-state index contributed by atoms with van der Waals surface area (Å²) in [5, 5.41) is 7.42. The van der Waals surface area contributed by atoms with Gasteiger partial charge in [-0.15, -0.1) is 13.2 Å². The second-order valence-electron chi connectivity index (χ2n) is 5.04. The lowest BCUT2D eigenvalue weighted by Gasteiger charge is -2.22. The lowest BCUT2D eigenvalue weighted by molar-refractivity contribution is -0.274. The molecule has 0 unspecified atom stereocenters. The average Bonchev–Trinajstić information content (AvgIpc) is 2.30. The molecule has 0 radical (unpaired) electrons. The number of halogens is 4. The van der Waals surface area contributed by atoms with Crippen molar-refractivity contribution in [1.82, 2.24) is 0 Å². The highest BCUT2D eigenvalue weighted by Gasteiger charge is 2.32. The summed E-state index contributed by atoms with van der Waals surface area (Å²) >= 11 is 3.00. The lowest BCUT2D eigenvalue weighted by Crippen LogP contribution is -2.32. The van der Waals surface area contributed by atoms with Gasteiger partial charge in [0, 0.05) is 5.41 Å². The zero-order chi connectivity index (χ0) is 16.3. The first-order valence-corrected chi connectivity index (χ1v) is 6.83. The maximum Gasteiger partial charge on any atom is 0.573 e. The number of hydrogen-bond donors (Lipinski definition) is 2. The first-order valence-electron chi connectivity index (χ1n) is 6.04. The number of hydrogen-bond acceptors (Lipinski definition) is 3. The van der Waals surface area contributed by atoms with Gasteiger partial charge in [-0.1, -0.05) is 13.8 Å². The first-order chi connectivity index (χ1) is 9.51. The van der Waals surface area contributed by atoms with Crippen LogP contribution >= 0.6 is 15.9 Å². The molecular formula is C13H16BrF3N2O2. The van der Waals surface area contributed by atoms with E-state index in [1.807, 2.05) is 13.8 Å². The Hall–Kier alpha value is -1.44. The highest BCUT2D eigenvalue weighted by molar-refractivity contribution is 9.10. The molecule has 0 amide bonds. The minimum absolute atomic E-state index is 0.0567. The number of benzene rings is 1. The van der Waals surface area contributed by atoms with Crippen molar-refractivity contribution < 1.29 is 22.6 Å². The van der Waals surface area contributed by atoms with E-state index >= 15 is 0 Å². The van der Waals surface area contributed by atoms with Gasteiger partial charge >= 0.3 is 6.36 Å². The molecule has 4 nitrogen and oxygen atoms in total. The topological polar surface area (TPSA) is 68.3 Å². The SMILES string of the molecule is CC(C)(CCOc1ccc(OC(F)(F)F)c(Br)c1)C(=N)N. The van der Waals surface area contributed by atoms with Gasteiger partial charge in [-0.05, 0) is 40.5 Å². The van der Waals surface area contributed by atoms with Gasteiger partial charge in [0.05, 0.1) is 16.9 Å². The molecule has 8 heteroatoms. The Morgan fingerprint density at radius 3 is 2.43 bits per heavy atom. The van der Waals surface area contributed by atoms with Crippen LogP contribution in [0.25, 0.3) is 0 Å². The predicted octanol–water partition coefficient (Wildman–Crippen LogP) is 4.08. The summed E-state index contributed by atoms with van der Waals surface area (Å²) in [4.78, 5) is 0. The van der Waals surface area contributed by atoms with Crippen LogP contribution in [0.3, 0.4) is 0 Å². The van der Waals surface area contributed by atoms with E-state index in [0.717, 1.165) is 0 Å². The van der Waals surface area contributed by atoms with Gasteiger partial charge in [-0.2, -0.15) is 0 Å². The third-order valence-electron chi connectivity index (χ3n) is 2.85. The Kier molecular flexibility index (Phi) is 5.49. The van der Waals surface area contributed by atoms with Crippen LogP contribution in [0.1, 0.15) is 20.3 Å². The summed E-state index contributed by atoms with van der Waals surface area (Å²) in [6, 6.07) is 3.94. The standard InChI is InChI=1S/C13H16BrF3N2O2/c1-12(2,11(18)19)5-6-20-8-3-4-10(9(14)7-8)21-13(15,16)17/h3-4,7H,5-6H2,1-2H3,(H3,18,19). The number of alkyl halides is 3. The summed E-state index contributed by atoms with van der Waals surface area (Å²) < 4.78 is 45.8. The molecule has 0 heterocycles. The van der Waals surface area contributed by atoms with Crippen molar-refractivity contribution in [3.8, 4) is 11.5 Å².